The van der Waals surface area contributed by atoms with Gasteiger partial charge in [-0.05, 0) is 81.8 Å². The lowest BCUT2D eigenvalue weighted by molar-refractivity contribution is 0.634. The summed E-state index contributed by atoms with van der Waals surface area (Å²) in [5, 5.41) is 7.33. The number of benzene rings is 1. The predicted molar refractivity (Wildman–Crippen MR) is 88.5 cm³/mol. The monoisotopic (exact) mass is 424 g/mol. The van der Waals surface area contributed by atoms with Crippen LogP contribution in [0.3, 0.4) is 0 Å². The second kappa shape index (κ2) is 6.33. The average Bonchev–Trinajstić information content (AvgIpc) is 2.76. The fourth-order valence-electron chi connectivity index (χ4n) is 2.00. The lowest BCUT2D eigenvalue weighted by atomic mass is 10.2. The van der Waals surface area contributed by atoms with Gasteiger partial charge in [-0.15, -0.1) is 0 Å². The molecule has 0 saturated heterocycles. The Labute approximate surface area is 129 Å². The second-order valence-corrected chi connectivity index (χ2v) is 6.63. The van der Waals surface area contributed by atoms with Gasteiger partial charge in [0.2, 0.25) is 0 Å². The fraction of sp³-hybridized carbons (Fsp3) is 0.417. The molecule has 0 amide bonds. The van der Waals surface area contributed by atoms with Gasteiger partial charge >= 0.3 is 0 Å². The summed E-state index contributed by atoms with van der Waals surface area (Å²) < 4.78 is 2.29. The van der Waals surface area contributed by atoms with Crippen molar-refractivity contribution < 1.29 is 0 Å². The molecule has 0 aromatic heterocycles. The molecule has 0 spiro atoms. The molecule has 2 nitrogen and oxygen atoms in total. The topological polar surface area (TPSA) is 24.1 Å². The van der Waals surface area contributed by atoms with E-state index >= 15 is 0 Å². The molecule has 1 fully saturated rings. The van der Waals surface area contributed by atoms with Crippen LogP contribution in [0.5, 0.6) is 0 Å². The molecule has 1 aromatic carbocycles. The summed E-state index contributed by atoms with van der Waals surface area (Å²) in [6, 6.07) is 6.69. The fourth-order valence-corrected chi connectivity index (χ4v) is 3.04. The number of anilines is 1. The van der Waals surface area contributed by atoms with E-state index in [9.17, 15) is 0 Å². The Balaban J connectivity index is 1.90. The van der Waals surface area contributed by atoms with Crippen molar-refractivity contribution in [1.29, 1.82) is 0 Å². The van der Waals surface area contributed by atoms with Crippen molar-refractivity contribution in [2.45, 2.75) is 31.7 Å². The quantitative estimate of drug-likeness (QED) is 0.547. The molecule has 2 rings (SSSR count). The molecule has 0 aliphatic heterocycles. The first-order valence-electron chi connectivity index (χ1n) is 5.68. The van der Waals surface area contributed by atoms with E-state index in [1.165, 1.54) is 29.3 Å². The Kier molecular flexibility index (Phi) is 5.05. The largest absolute Gasteiger partial charge is 0.360 e. The maximum atomic E-state index is 5.31. The van der Waals surface area contributed by atoms with Gasteiger partial charge in [-0.3, -0.25) is 0 Å². The zero-order chi connectivity index (χ0) is 12.3. The minimum atomic E-state index is 0.560. The zero-order valence-corrected chi connectivity index (χ0v) is 13.9. The SMILES string of the molecule is S=C(Nc1ccc(Br)c(I)c1)NC1CCCC1. The maximum Gasteiger partial charge on any atom is 0.170 e. The Morgan fingerprint density at radius 2 is 2.06 bits per heavy atom. The van der Waals surface area contributed by atoms with Crippen LogP contribution in [0, 0.1) is 3.57 Å². The summed E-state index contributed by atoms with van der Waals surface area (Å²) in [7, 11) is 0. The molecule has 1 aliphatic carbocycles. The highest BCUT2D eigenvalue weighted by molar-refractivity contribution is 14.1. The van der Waals surface area contributed by atoms with E-state index in [0.717, 1.165) is 15.3 Å². The lowest BCUT2D eigenvalue weighted by Gasteiger charge is -2.16. The summed E-state index contributed by atoms with van der Waals surface area (Å²) in [6.45, 7) is 0. The van der Waals surface area contributed by atoms with E-state index in [1.807, 2.05) is 12.1 Å². The van der Waals surface area contributed by atoms with Gasteiger partial charge in [0.25, 0.3) is 0 Å². The summed E-state index contributed by atoms with van der Waals surface area (Å²) in [4.78, 5) is 0. The molecule has 2 N–H and O–H groups in total. The van der Waals surface area contributed by atoms with Crippen LogP contribution in [-0.4, -0.2) is 11.2 Å². The second-order valence-electron chi connectivity index (χ2n) is 4.21. The molecule has 0 unspecified atom stereocenters. The van der Waals surface area contributed by atoms with Gasteiger partial charge in [0.15, 0.2) is 5.11 Å². The molecular weight excluding hydrogens is 411 g/mol. The lowest BCUT2D eigenvalue weighted by Crippen LogP contribution is -2.35. The third kappa shape index (κ3) is 4.06. The van der Waals surface area contributed by atoms with E-state index in [-0.39, 0.29) is 0 Å². The number of halogens is 2. The highest BCUT2D eigenvalue weighted by Crippen LogP contribution is 2.23. The normalized spacial score (nSPS) is 15.9. The van der Waals surface area contributed by atoms with E-state index < -0.39 is 0 Å². The first-order valence-corrected chi connectivity index (χ1v) is 7.96. The van der Waals surface area contributed by atoms with Crippen LogP contribution >= 0.6 is 50.7 Å². The smallest absolute Gasteiger partial charge is 0.170 e. The Bertz CT molecular complexity index is 419. The number of hydrogen-bond acceptors (Lipinski definition) is 1. The van der Waals surface area contributed by atoms with Gasteiger partial charge in [0.05, 0.1) is 0 Å². The van der Waals surface area contributed by atoms with E-state index in [1.54, 1.807) is 0 Å². The van der Waals surface area contributed by atoms with Crippen LogP contribution in [-0.2, 0) is 0 Å². The van der Waals surface area contributed by atoms with E-state index in [2.05, 4.69) is 55.2 Å². The van der Waals surface area contributed by atoms with Crippen molar-refractivity contribution in [3.63, 3.8) is 0 Å². The summed E-state index contributed by atoms with van der Waals surface area (Å²) in [5.41, 5.74) is 1.04. The van der Waals surface area contributed by atoms with Gasteiger partial charge in [-0.25, -0.2) is 0 Å². The van der Waals surface area contributed by atoms with Crippen molar-refractivity contribution in [3.8, 4) is 0 Å². The molecule has 5 heteroatoms. The van der Waals surface area contributed by atoms with E-state index in [0.29, 0.717) is 6.04 Å². The van der Waals surface area contributed by atoms with Gasteiger partial charge in [0.1, 0.15) is 0 Å². The maximum absolute atomic E-state index is 5.31. The van der Waals surface area contributed by atoms with Crippen molar-refractivity contribution in [3.05, 3.63) is 26.2 Å². The molecule has 0 atom stereocenters. The van der Waals surface area contributed by atoms with Crippen molar-refractivity contribution >= 4 is 61.5 Å². The molecule has 0 heterocycles. The molecule has 0 bridgehead atoms. The van der Waals surface area contributed by atoms with E-state index in [4.69, 9.17) is 12.2 Å². The Morgan fingerprint density at radius 3 is 2.71 bits per heavy atom. The van der Waals surface area contributed by atoms with Crippen LogP contribution < -0.4 is 10.6 Å². The highest BCUT2D eigenvalue weighted by Gasteiger charge is 2.15. The minimum Gasteiger partial charge on any atom is -0.360 e. The van der Waals surface area contributed by atoms with Crippen LogP contribution in [0.1, 0.15) is 25.7 Å². The van der Waals surface area contributed by atoms with Crippen LogP contribution in [0.25, 0.3) is 0 Å². The van der Waals surface area contributed by atoms with Gasteiger partial charge in [-0.2, -0.15) is 0 Å². The summed E-state index contributed by atoms with van der Waals surface area (Å²) in [6.07, 6.45) is 5.10. The van der Waals surface area contributed by atoms with Crippen LogP contribution in [0.4, 0.5) is 5.69 Å². The molecule has 1 aliphatic rings. The molecule has 1 saturated carbocycles. The predicted octanol–water partition coefficient (Wildman–Crippen LogP) is 4.28. The van der Waals surface area contributed by atoms with Crippen molar-refractivity contribution in [1.82, 2.24) is 5.32 Å². The van der Waals surface area contributed by atoms with Crippen LogP contribution in [0.2, 0.25) is 0 Å². The first kappa shape index (κ1) is 13.5. The third-order valence-electron chi connectivity index (χ3n) is 2.87. The minimum absolute atomic E-state index is 0.560. The number of rotatable bonds is 2. The summed E-state index contributed by atoms with van der Waals surface area (Å²) in [5.74, 6) is 0. The summed E-state index contributed by atoms with van der Waals surface area (Å²) >= 11 is 11.1. The highest BCUT2D eigenvalue weighted by atomic mass is 127. The first-order chi connectivity index (χ1) is 8.15. The Morgan fingerprint density at radius 1 is 1.35 bits per heavy atom. The Hall–Kier alpha value is 0.120. The van der Waals surface area contributed by atoms with Crippen molar-refractivity contribution in [2.24, 2.45) is 0 Å². The molecule has 17 heavy (non-hydrogen) atoms. The number of nitrogens with one attached hydrogen (secondary N) is 2. The average molecular weight is 425 g/mol. The standard InChI is InChI=1S/C12H14BrIN2S/c13-10-6-5-9(7-11(10)14)16-12(17)15-8-3-1-2-4-8/h5-8H,1-4H2,(H2,15,16,17). The van der Waals surface area contributed by atoms with Gasteiger partial charge in [-0.1, -0.05) is 12.8 Å². The van der Waals surface area contributed by atoms with Crippen LogP contribution in [0.15, 0.2) is 22.7 Å². The van der Waals surface area contributed by atoms with Crippen molar-refractivity contribution in [2.75, 3.05) is 5.32 Å². The van der Waals surface area contributed by atoms with Gasteiger partial charge < -0.3 is 10.6 Å². The molecule has 0 radical (unpaired) electrons. The number of hydrogen-bond donors (Lipinski definition) is 2. The molecular formula is C12H14BrIN2S. The number of thiocarbonyl (C=S) groups is 1. The third-order valence-corrected chi connectivity index (χ3v) is 5.41. The molecule has 1 aromatic rings. The molecule has 92 valence electrons. The zero-order valence-electron chi connectivity index (χ0n) is 9.30. The van der Waals surface area contributed by atoms with Gasteiger partial charge in [0, 0.05) is 19.8 Å².